The van der Waals surface area contributed by atoms with Gasteiger partial charge in [0.2, 0.25) is 5.91 Å². The molecule has 2 saturated heterocycles. The molecule has 4 heteroatoms. The number of hydrogen-bond acceptors (Lipinski definition) is 3. The smallest absolute Gasteiger partial charge is 0.224 e. The van der Waals surface area contributed by atoms with Crippen molar-refractivity contribution in [1.29, 1.82) is 0 Å². The Morgan fingerprint density at radius 3 is 2.67 bits per heavy atom. The SMILES string of the molecule is CC1CCCNC1CC(=O)N1CCC(CO)CC1. The van der Waals surface area contributed by atoms with Crippen molar-refractivity contribution >= 4 is 5.91 Å². The molecule has 2 fully saturated rings. The van der Waals surface area contributed by atoms with Crippen LogP contribution < -0.4 is 5.32 Å². The number of amides is 1. The minimum atomic E-state index is 0.267. The summed E-state index contributed by atoms with van der Waals surface area (Å²) in [5.41, 5.74) is 0. The van der Waals surface area contributed by atoms with Gasteiger partial charge in [-0.15, -0.1) is 0 Å². The first kappa shape index (κ1) is 13.8. The van der Waals surface area contributed by atoms with Gasteiger partial charge in [-0.1, -0.05) is 6.92 Å². The molecule has 1 amide bonds. The number of piperidine rings is 2. The maximum atomic E-state index is 12.2. The molecule has 2 aliphatic heterocycles. The van der Waals surface area contributed by atoms with Gasteiger partial charge in [-0.25, -0.2) is 0 Å². The van der Waals surface area contributed by atoms with Crippen molar-refractivity contribution in [2.75, 3.05) is 26.2 Å². The number of rotatable bonds is 3. The first-order chi connectivity index (χ1) is 8.70. The minimum absolute atomic E-state index is 0.267. The van der Waals surface area contributed by atoms with Crippen molar-refractivity contribution in [3.63, 3.8) is 0 Å². The van der Waals surface area contributed by atoms with Gasteiger partial charge >= 0.3 is 0 Å². The van der Waals surface area contributed by atoms with Crippen LogP contribution in [0.5, 0.6) is 0 Å². The second-order valence-corrected chi connectivity index (χ2v) is 5.89. The van der Waals surface area contributed by atoms with E-state index in [1.165, 1.54) is 12.8 Å². The average molecular weight is 254 g/mol. The van der Waals surface area contributed by atoms with Crippen molar-refractivity contribution in [2.45, 2.75) is 45.1 Å². The Morgan fingerprint density at radius 1 is 1.33 bits per heavy atom. The highest BCUT2D eigenvalue weighted by molar-refractivity contribution is 5.77. The lowest BCUT2D eigenvalue weighted by Gasteiger charge is -2.34. The number of hydrogen-bond donors (Lipinski definition) is 2. The fourth-order valence-corrected chi connectivity index (χ4v) is 3.07. The molecule has 0 radical (unpaired) electrons. The van der Waals surface area contributed by atoms with Crippen molar-refractivity contribution < 1.29 is 9.90 Å². The van der Waals surface area contributed by atoms with Gasteiger partial charge in [0.25, 0.3) is 0 Å². The molecule has 2 atom stereocenters. The van der Waals surface area contributed by atoms with Gasteiger partial charge in [-0.3, -0.25) is 4.79 Å². The topological polar surface area (TPSA) is 52.6 Å². The fourth-order valence-electron chi connectivity index (χ4n) is 3.07. The maximum Gasteiger partial charge on any atom is 0.224 e. The summed E-state index contributed by atoms with van der Waals surface area (Å²) in [5.74, 6) is 1.30. The lowest BCUT2D eigenvalue weighted by Crippen LogP contribution is -2.46. The highest BCUT2D eigenvalue weighted by Crippen LogP contribution is 2.21. The number of nitrogens with one attached hydrogen (secondary N) is 1. The highest BCUT2D eigenvalue weighted by Gasteiger charge is 2.27. The predicted molar refractivity (Wildman–Crippen MR) is 71.2 cm³/mol. The number of carbonyl (C=O) groups excluding carboxylic acids is 1. The van der Waals surface area contributed by atoms with E-state index in [1.54, 1.807) is 0 Å². The van der Waals surface area contributed by atoms with Crippen molar-refractivity contribution in [3.8, 4) is 0 Å². The third kappa shape index (κ3) is 3.45. The van der Waals surface area contributed by atoms with Gasteiger partial charge in [-0.05, 0) is 44.1 Å². The van der Waals surface area contributed by atoms with Crippen molar-refractivity contribution in [2.24, 2.45) is 11.8 Å². The van der Waals surface area contributed by atoms with E-state index in [2.05, 4.69) is 12.2 Å². The molecule has 0 aromatic carbocycles. The Hall–Kier alpha value is -0.610. The van der Waals surface area contributed by atoms with Gasteiger partial charge in [0.05, 0.1) is 0 Å². The Balaban J connectivity index is 1.77. The molecule has 18 heavy (non-hydrogen) atoms. The van der Waals surface area contributed by atoms with Gasteiger partial charge in [-0.2, -0.15) is 0 Å². The third-order valence-electron chi connectivity index (χ3n) is 4.55. The summed E-state index contributed by atoms with van der Waals surface area (Å²) in [6, 6.07) is 0.363. The zero-order valence-corrected chi connectivity index (χ0v) is 11.4. The predicted octanol–water partition coefficient (Wildman–Crippen LogP) is 0.995. The first-order valence-electron chi connectivity index (χ1n) is 7.32. The van der Waals surface area contributed by atoms with Crippen molar-refractivity contribution in [3.05, 3.63) is 0 Å². The van der Waals surface area contributed by atoms with Gasteiger partial charge in [0.1, 0.15) is 0 Å². The molecule has 0 spiro atoms. The Labute approximate surface area is 110 Å². The molecule has 4 nitrogen and oxygen atoms in total. The minimum Gasteiger partial charge on any atom is -0.396 e. The quantitative estimate of drug-likeness (QED) is 0.790. The molecular weight excluding hydrogens is 228 g/mol. The molecule has 0 aromatic heterocycles. The van der Waals surface area contributed by atoms with Gasteiger partial charge < -0.3 is 15.3 Å². The van der Waals surface area contributed by atoms with Crippen LogP contribution in [0.15, 0.2) is 0 Å². The summed E-state index contributed by atoms with van der Waals surface area (Å²) < 4.78 is 0. The molecule has 0 bridgehead atoms. The standard InChI is InChI=1S/C14H26N2O2/c1-11-3-2-6-15-13(11)9-14(18)16-7-4-12(10-17)5-8-16/h11-13,15,17H,2-10H2,1H3. The molecule has 2 aliphatic rings. The zero-order chi connectivity index (χ0) is 13.0. The maximum absolute atomic E-state index is 12.2. The number of nitrogens with zero attached hydrogens (tertiary/aromatic N) is 1. The molecule has 0 saturated carbocycles. The Morgan fingerprint density at radius 2 is 2.06 bits per heavy atom. The molecule has 0 aromatic rings. The van der Waals surface area contributed by atoms with Gasteiger partial charge in [0.15, 0.2) is 0 Å². The first-order valence-corrected chi connectivity index (χ1v) is 7.32. The zero-order valence-electron chi connectivity index (χ0n) is 11.4. The molecular formula is C14H26N2O2. The van der Waals surface area contributed by atoms with Crippen LogP contribution in [-0.4, -0.2) is 48.2 Å². The van der Waals surface area contributed by atoms with E-state index in [-0.39, 0.29) is 12.5 Å². The van der Waals surface area contributed by atoms with Crippen LogP contribution in [-0.2, 0) is 4.79 Å². The monoisotopic (exact) mass is 254 g/mol. The van der Waals surface area contributed by atoms with E-state index in [9.17, 15) is 4.79 Å². The molecule has 2 unspecified atom stereocenters. The summed E-state index contributed by atoms with van der Waals surface area (Å²) in [6.07, 6.45) is 5.02. The van der Waals surface area contributed by atoms with Gasteiger partial charge in [0, 0.05) is 32.2 Å². The molecule has 2 N–H and O–H groups in total. The molecule has 104 valence electrons. The lowest BCUT2D eigenvalue weighted by molar-refractivity contribution is -0.133. The van der Waals surface area contributed by atoms with E-state index in [1.807, 2.05) is 4.90 Å². The van der Waals surface area contributed by atoms with Crippen molar-refractivity contribution in [1.82, 2.24) is 10.2 Å². The highest BCUT2D eigenvalue weighted by atomic mass is 16.3. The van der Waals surface area contributed by atoms with Crippen LogP contribution in [0.25, 0.3) is 0 Å². The second kappa shape index (κ2) is 6.53. The second-order valence-electron chi connectivity index (χ2n) is 5.89. The van der Waals surface area contributed by atoms with Crippen LogP contribution in [0.1, 0.15) is 39.0 Å². The van der Waals surface area contributed by atoms with Crippen LogP contribution >= 0.6 is 0 Å². The molecule has 2 heterocycles. The molecule has 2 rings (SSSR count). The number of likely N-dealkylation sites (tertiary alicyclic amines) is 1. The lowest BCUT2D eigenvalue weighted by atomic mass is 9.90. The van der Waals surface area contributed by atoms with E-state index in [4.69, 9.17) is 5.11 Å². The Bertz CT molecular complexity index is 275. The largest absolute Gasteiger partial charge is 0.396 e. The number of aliphatic hydroxyl groups excluding tert-OH is 1. The fraction of sp³-hybridized carbons (Fsp3) is 0.929. The normalized spacial score (nSPS) is 30.4. The van der Waals surface area contributed by atoms with Crippen LogP contribution in [0.2, 0.25) is 0 Å². The van der Waals surface area contributed by atoms with Crippen LogP contribution in [0, 0.1) is 11.8 Å². The summed E-state index contributed by atoms with van der Waals surface area (Å²) in [7, 11) is 0. The van der Waals surface area contributed by atoms with E-state index in [0.717, 1.165) is 32.5 Å². The van der Waals surface area contributed by atoms with Crippen LogP contribution in [0.4, 0.5) is 0 Å². The van der Waals surface area contributed by atoms with E-state index >= 15 is 0 Å². The summed E-state index contributed by atoms with van der Waals surface area (Å²) >= 11 is 0. The average Bonchev–Trinajstić information content (AvgIpc) is 2.41. The number of carbonyl (C=O) groups is 1. The number of aliphatic hydroxyl groups is 1. The molecule has 0 aliphatic carbocycles. The summed E-state index contributed by atoms with van der Waals surface area (Å²) in [5, 5.41) is 12.6. The summed E-state index contributed by atoms with van der Waals surface area (Å²) in [4.78, 5) is 14.2. The van der Waals surface area contributed by atoms with E-state index < -0.39 is 0 Å². The summed E-state index contributed by atoms with van der Waals surface area (Å²) in [6.45, 7) is 5.20. The van der Waals surface area contributed by atoms with E-state index in [0.29, 0.717) is 24.3 Å². The Kier molecular flexibility index (Phi) is 5.01. The third-order valence-corrected chi connectivity index (χ3v) is 4.55. The van der Waals surface area contributed by atoms with Crippen LogP contribution in [0.3, 0.4) is 0 Å².